The molecule has 0 aromatic carbocycles. The van der Waals surface area contributed by atoms with Crippen LogP contribution in [0.5, 0.6) is 0 Å². The summed E-state index contributed by atoms with van der Waals surface area (Å²) in [5, 5.41) is 4.33. The summed E-state index contributed by atoms with van der Waals surface area (Å²) >= 11 is 0. The van der Waals surface area contributed by atoms with Gasteiger partial charge in [0.1, 0.15) is 6.33 Å². The van der Waals surface area contributed by atoms with Crippen LogP contribution < -0.4 is 5.73 Å². The van der Waals surface area contributed by atoms with E-state index in [1.807, 2.05) is 13.8 Å². The highest BCUT2D eigenvalue weighted by Crippen LogP contribution is 2.22. The Morgan fingerprint density at radius 3 is 2.61 bits per heavy atom. The fourth-order valence-electron chi connectivity index (χ4n) is 1.89. The summed E-state index contributed by atoms with van der Waals surface area (Å²) in [5.41, 5.74) is 8.47. The van der Waals surface area contributed by atoms with Crippen LogP contribution in [-0.2, 0) is 12.8 Å². The predicted octanol–water partition coefficient (Wildman–Crippen LogP) is 1.82. The number of aryl methyl sites for hydroxylation is 2. The summed E-state index contributed by atoms with van der Waals surface area (Å²) < 4.78 is 15.5. The molecule has 0 saturated heterocycles. The van der Waals surface area contributed by atoms with Gasteiger partial charge in [0.05, 0.1) is 22.8 Å². The number of hydrogen-bond donors (Lipinski definition) is 1. The van der Waals surface area contributed by atoms with Crippen molar-refractivity contribution >= 4 is 5.69 Å². The maximum absolute atomic E-state index is 14.0. The van der Waals surface area contributed by atoms with Gasteiger partial charge in [0.15, 0.2) is 11.6 Å². The van der Waals surface area contributed by atoms with Crippen LogP contribution in [0.15, 0.2) is 6.33 Å². The van der Waals surface area contributed by atoms with Gasteiger partial charge in [-0.3, -0.25) is 0 Å². The first kappa shape index (κ1) is 12.5. The summed E-state index contributed by atoms with van der Waals surface area (Å²) in [7, 11) is 0. The molecular weight excluding hydrogens is 233 g/mol. The standard InChI is InChI=1S/C12H16FN5/c1-4-8-11(14)9(5-2)18(17-8)12-10(13)7(3)15-6-16-12/h6H,4-5,14H2,1-3H3. The van der Waals surface area contributed by atoms with E-state index in [9.17, 15) is 4.39 Å². The molecule has 2 aromatic rings. The molecule has 0 saturated carbocycles. The molecule has 2 heterocycles. The van der Waals surface area contributed by atoms with Crippen LogP contribution in [0.25, 0.3) is 5.82 Å². The smallest absolute Gasteiger partial charge is 0.193 e. The lowest BCUT2D eigenvalue weighted by molar-refractivity contribution is 0.576. The molecule has 0 bridgehead atoms. The fraction of sp³-hybridized carbons (Fsp3) is 0.417. The number of rotatable bonds is 3. The van der Waals surface area contributed by atoms with E-state index >= 15 is 0 Å². The summed E-state index contributed by atoms with van der Waals surface area (Å²) in [4.78, 5) is 7.78. The number of aromatic nitrogens is 4. The first-order valence-corrected chi connectivity index (χ1v) is 5.93. The van der Waals surface area contributed by atoms with Crippen LogP contribution in [-0.4, -0.2) is 19.7 Å². The van der Waals surface area contributed by atoms with E-state index in [0.717, 1.165) is 11.4 Å². The molecule has 2 aromatic heterocycles. The minimum atomic E-state index is -0.461. The maximum atomic E-state index is 14.0. The Hall–Kier alpha value is -1.98. The van der Waals surface area contributed by atoms with Crippen LogP contribution in [0.4, 0.5) is 10.1 Å². The predicted molar refractivity (Wildman–Crippen MR) is 67.0 cm³/mol. The van der Waals surface area contributed by atoms with Crippen molar-refractivity contribution in [3.63, 3.8) is 0 Å². The van der Waals surface area contributed by atoms with E-state index in [4.69, 9.17) is 5.73 Å². The van der Waals surface area contributed by atoms with Gasteiger partial charge in [-0.15, -0.1) is 0 Å². The third-order valence-corrected chi connectivity index (χ3v) is 2.91. The molecule has 0 spiro atoms. The average molecular weight is 249 g/mol. The highest BCUT2D eigenvalue weighted by atomic mass is 19.1. The van der Waals surface area contributed by atoms with Crippen molar-refractivity contribution in [3.8, 4) is 5.82 Å². The van der Waals surface area contributed by atoms with Gasteiger partial charge in [-0.05, 0) is 19.8 Å². The summed E-state index contributed by atoms with van der Waals surface area (Å²) in [5.74, 6) is -0.303. The van der Waals surface area contributed by atoms with Crippen LogP contribution in [0.1, 0.15) is 30.9 Å². The molecule has 18 heavy (non-hydrogen) atoms. The largest absolute Gasteiger partial charge is 0.396 e. The van der Waals surface area contributed by atoms with Crippen LogP contribution in [0, 0.1) is 12.7 Å². The zero-order chi connectivity index (χ0) is 13.3. The van der Waals surface area contributed by atoms with E-state index in [0.29, 0.717) is 24.2 Å². The second-order valence-electron chi connectivity index (χ2n) is 4.02. The minimum Gasteiger partial charge on any atom is -0.396 e. The molecule has 0 aliphatic rings. The van der Waals surface area contributed by atoms with Crippen molar-refractivity contribution in [2.75, 3.05) is 5.73 Å². The summed E-state index contributed by atoms with van der Waals surface area (Å²) in [6.07, 6.45) is 2.70. The Balaban J connectivity index is 2.67. The van der Waals surface area contributed by atoms with Gasteiger partial charge in [0.25, 0.3) is 0 Å². The topological polar surface area (TPSA) is 69.6 Å². The molecule has 0 amide bonds. The molecule has 0 fully saturated rings. The average Bonchev–Trinajstić information content (AvgIpc) is 2.69. The Kier molecular flexibility index (Phi) is 3.27. The van der Waals surface area contributed by atoms with Crippen molar-refractivity contribution < 1.29 is 4.39 Å². The lowest BCUT2D eigenvalue weighted by Crippen LogP contribution is -2.09. The Bertz CT molecular complexity index is 576. The molecule has 0 atom stereocenters. The highest BCUT2D eigenvalue weighted by Gasteiger charge is 2.18. The summed E-state index contributed by atoms with van der Waals surface area (Å²) in [6.45, 7) is 5.51. The van der Waals surface area contributed by atoms with Gasteiger partial charge < -0.3 is 5.73 Å². The second-order valence-corrected chi connectivity index (χ2v) is 4.02. The molecule has 2 N–H and O–H groups in total. The zero-order valence-corrected chi connectivity index (χ0v) is 10.7. The number of nitrogens with two attached hydrogens (primary N) is 1. The SMILES string of the molecule is CCc1nn(-c2ncnc(C)c2F)c(CC)c1N. The Morgan fingerprint density at radius 1 is 1.28 bits per heavy atom. The molecule has 6 heteroatoms. The van der Waals surface area contributed by atoms with Crippen molar-refractivity contribution in [3.05, 3.63) is 29.2 Å². The highest BCUT2D eigenvalue weighted by molar-refractivity contribution is 5.51. The van der Waals surface area contributed by atoms with E-state index < -0.39 is 5.82 Å². The van der Waals surface area contributed by atoms with Gasteiger partial charge in [-0.1, -0.05) is 13.8 Å². The van der Waals surface area contributed by atoms with Crippen LogP contribution in [0.3, 0.4) is 0 Å². The van der Waals surface area contributed by atoms with E-state index in [2.05, 4.69) is 15.1 Å². The Morgan fingerprint density at radius 2 is 2.00 bits per heavy atom. The third kappa shape index (κ3) is 1.83. The van der Waals surface area contributed by atoms with Crippen molar-refractivity contribution in [1.82, 2.24) is 19.7 Å². The number of nitrogen functional groups attached to an aromatic ring is 1. The molecular formula is C12H16FN5. The fourth-order valence-corrected chi connectivity index (χ4v) is 1.89. The molecule has 2 rings (SSSR count). The van der Waals surface area contributed by atoms with Crippen molar-refractivity contribution in [2.24, 2.45) is 0 Å². The lowest BCUT2D eigenvalue weighted by Gasteiger charge is -2.07. The first-order valence-electron chi connectivity index (χ1n) is 5.93. The first-order chi connectivity index (χ1) is 8.60. The van der Waals surface area contributed by atoms with Gasteiger partial charge in [-0.2, -0.15) is 5.10 Å². The lowest BCUT2D eigenvalue weighted by atomic mass is 10.2. The van der Waals surface area contributed by atoms with Gasteiger partial charge >= 0.3 is 0 Å². The van der Waals surface area contributed by atoms with Crippen LogP contribution >= 0.6 is 0 Å². The van der Waals surface area contributed by atoms with Crippen molar-refractivity contribution in [1.29, 1.82) is 0 Å². The molecule has 5 nitrogen and oxygen atoms in total. The van der Waals surface area contributed by atoms with Gasteiger partial charge in [0.2, 0.25) is 0 Å². The quantitative estimate of drug-likeness (QED) is 0.900. The van der Waals surface area contributed by atoms with Gasteiger partial charge in [-0.25, -0.2) is 19.0 Å². The summed E-state index contributed by atoms with van der Waals surface area (Å²) in [6, 6.07) is 0. The number of anilines is 1. The zero-order valence-electron chi connectivity index (χ0n) is 10.7. The number of hydrogen-bond acceptors (Lipinski definition) is 4. The van der Waals surface area contributed by atoms with E-state index in [-0.39, 0.29) is 5.82 Å². The van der Waals surface area contributed by atoms with Crippen LogP contribution in [0.2, 0.25) is 0 Å². The molecule has 0 unspecified atom stereocenters. The number of nitrogens with zero attached hydrogens (tertiary/aromatic N) is 4. The third-order valence-electron chi connectivity index (χ3n) is 2.91. The maximum Gasteiger partial charge on any atom is 0.193 e. The monoisotopic (exact) mass is 249 g/mol. The van der Waals surface area contributed by atoms with E-state index in [1.165, 1.54) is 11.0 Å². The normalized spacial score (nSPS) is 10.9. The minimum absolute atomic E-state index is 0.158. The van der Waals surface area contributed by atoms with Gasteiger partial charge in [0, 0.05) is 0 Å². The second kappa shape index (κ2) is 4.72. The molecule has 0 aliphatic carbocycles. The molecule has 0 aliphatic heterocycles. The van der Waals surface area contributed by atoms with Crippen molar-refractivity contribution in [2.45, 2.75) is 33.6 Å². The number of halogens is 1. The molecule has 0 radical (unpaired) electrons. The molecule has 96 valence electrons. The van der Waals surface area contributed by atoms with E-state index in [1.54, 1.807) is 6.92 Å². The Labute approximate surface area is 105 Å².